The number of carboxylic acids is 1. The van der Waals surface area contributed by atoms with E-state index in [4.69, 9.17) is 0 Å². The molecule has 1 unspecified atom stereocenters. The summed E-state index contributed by atoms with van der Waals surface area (Å²) in [5, 5.41) is 9.28. The van der Waals surface area contributed by atoms with Crippen LogP contribution in [0.5, 0.6) is 0 Å². The molecule has 3 atom stereocenters. The van der Waals surface area contributed by atoms with Crippen molar-refractivity contribution in [1.29, 1.82) is 0 Å². The number of halogens is 1. The van der Waals surface area contributed by atoms with Crippen LogP contribution in [-0.4, -0.2) is 28.9 Å². The van der Waals surface area contributed by atoms with Gasteiger partial charge in [-0.25, -0.2) is 0 Å². The molecule has 2 rings (SSSR count). The van der Waals surface area contributed by atoms with Gasteiger partial charge in [-0.1, -0.05) is 35.0 Å². The van der Waals surface area contributed by atoms with Gasteiger partial charge in [0.15, 0.2) is 0 Å². The van der Waals surface area contributed by atoms with E-state index < -0.39 is 17.8 Å². The summed E-state index contributed by atoms with van der Waals surface area (Å²) < 4.78 is 0.971. The van der Waals surface area contributed by atoms with E-state index >= 15 is 0 Å². The van der Waals surface area contributed by atoms with Crippen LogP contribution in [0.1, 0.15) is 25.3 Å². The third-order valence-corrected chi connectivity index (χ3v) is 4.61. The van der Waals surface area contributed by atoms with Crippen molar-refractivity contribution < 1.29 is 14.7 Å². The normalized spacial score (nSPS) is 24.8. The van der Waals surface area contributed by atoms with Crippen LogP contribution in [0.2, 0.25) is 0 Å². The molecule has 1 N–H and O–H groups in total. The lowest BCUT2D eigenvalue weighted by Gasteiger charge is -2.23. The van der Waals surface area contributed by atoms with Crippen molar-refractivity contribution in [3.8, 4) is 0 Å². The number of hydrogen-bond acceptors (Lipinski definition) is 2. The monoisotopic (exact) mass is 353 g/mol. The fraction of sp³-hybridized carbons (Fsp3) is 0.500. The van der Waals surface area contributed by atoms with Crippen LogP contribution in [-0.2, 0) is 16.1 Å². The van der Waals surface area contributed by atoms with E-state index in [-0.39, 0.29) is 5.91 Å². The Labute approximate surface area is 133 Å². The molecule has 1 amide bonds. The second-order valence-corrected chi connectivity index (χ2v) is 6.87. The summed E-state index contributed by atoms with van der Waals surface area (Å²) in [5.41, 5.74) is 1.03. The van der Waals surface area contributed by atoms with E-state index in [9.17, 15) is 14.7 Å². The summed E-state index contributed by atoms with van der Waals surface area (Å²) in [5.74, 6) is -1.56. The molecule has 0 aliphatic heterocycles. The van der Waals surface area contributed by atoms with E-state index in [1.807, 2.05) is 31.2 Å². The van der Waals surface area contributed by atoms with E-state index in [0.717, 1.165) is 10.0 Å². The minimum atomic E-state index is -0.853. The van der Waals surface area contributed by atoms with Crippen LogP contribution >= 0.6 is 15.9 Å². The summed E-state index contributed by atoms with van der Waals surface area (Å²) in [7, 11) is 1.74. The second kappa shape index (κ2) is 6.60. The predicted octanol–water partition coefficient (Wildman–Crippen LogP) is 3.15. The molecule has 0 radical (unpaired) electrons. The van der Waals surface area contributed by atoms with Crippen molar-refractivity contribution in [2.45, 2.75) is 26.3 Å². The number of carbonyl (C=O) groups is 2. The maximum Gasteiger partial charge on any atom is 0.307 e. The third-order valence-electron chi connectivity index (χ3n) is 4.12. The first-order chi connectivity index (χ1) is 9.88. The van der Waals surface area contributed by atoms with Crippen LogP contribution in [0.3, 0.4) is 0 Å². The van der Waals surface area contributed by atoms with Gasteiger partial charge in [-0.2, -0.15) is 0 Å². The van der Waals surface area contributed by atoms with Crippen molar-refractivity contribution >= 4 is 27.8 Å². The lowest BCUT2D eigenvalue weighted by molar-refractivity contribution is -0.148. The maximum absolute atomic E-state index is 12.5. The van der Waals surface area contributed by atoms with Crippen molar-refractivity contribution in [2.24, 2.45) is 17.8 Å². The molecular weight excluding hydrogens is 334 g/mol. The molecular formula is C16H20BrNO3. The Hall–Kier alpha value is -1.36. The Bertz CT molecular complexity index is 546. The number of hydrogen-bond donors (Lipinski definition) is 1. The Morgan fingerprint density at radius 2 is 2.00 bits per heavy atom. The first-order valence-electron chi connectivity index (χ1n) is 7.10. The zero-order valence-electron chi connectivity index (χ0n) is 12.3. The van der Waals surface area contributed by atoms with Crippen LogP contribution in [0.15, 0.2) is 28.7 Å². The highest BCUT2D eigenvalue weighted by molar-refractivity contribution is 9.10. The minimum Gasteiger partial charge on any atom is -0.481 e. The third kappa shape index (κ3) is 3.84. The fourth-order valence-electron chi connectivity index (χ4n) is 3.11. The number of carboxylic acid groups (broad SMARTS) is 1. The lowest BCUT2D eigenvalue weighted by Crippen LogP contribution is -2.36. The molecule has 0 spiro atoms. The molecule has 114 valence electrons. The van der Waals surface area contributed by atoms with Gasteiger partial charge in [-0.3, -0.25) is 9.59 Å². The van der Waals surface area contributed by atoms with Gasteiger partial charge in [0.25, 0.3) is 0 Å². The molecule has 21 heavy (non-hydrogen) atoms. The number of carbonyl (C=O) groups excluding carboxylic acids is 1. The number of rotatable bonds is 4. The largest absolute Gasteiger partial charge is 0.481 e. The predicted molar refractivity (Wildman–Crippen MR) is 83.6 cm³/mol. The quantitative estimate of drug-likeness (QED) is 0.904. The van der Waals surface area contributed by atoms with Crippen LogP contribution in [0.4, 0.5) is 0 Å². The molecule has 1 aliphatic carbocycles. The van der Waals surface area contributed by atoms with Gasteiger partial charge in [0.1, 0.15) is 0 Å². The molecule has 4 nitrogen and oxygen atoms in total. The SMILES string of the molecule is CC1C[C@H](C(=O)N(C)Cc2cccc(Br)c2)[C@H](C(=O)O)C1. The van der Waals surface area contributed by atoms with E-state index in [1.165, 1.54) is 0 Å². The smallest absolute Gasteiger partial charge is 0.307 e. The van der Waals surface area contributed by atoms with Gasteiger partial charge in [-0.05, 0) is 36.5 Å². The highest BCUT2D eigenvalue weighted by atomic mass is 79.9. The number of aliphatic carboxylic acids is 1. The Balaban J connectivity index is 2.06. The zero-order valence-corrected chi connectivity index (χ0v) is 13.8. The molecule has 0 saturated heterocycles. The van der Waals surface area contributed by atoms with Gasteiger partial charge in [0.2, 0.25) is 5.91 Å². The number of benzene rings is 1. The number of amides is 1. The molecule has 0 heterocycles. The van der Waals surface area contributed by atoms with E-state index in [2.05, 4.69) is 15.9 Å². The van der Waals surface area contributed by atoms with Crippen molar-refractivity contribution in [1.82, 2.24) is 4.90 Å². The van der Waals surface area contributed by atoms with Gasteiger partial charge in [0.05, 0.1) is 11.8 Å². The summed E-state index contributed by atoms with van der Waals surface area (Å²) in [6, 6.07) is 7.79. The fourth-order valence-corrected chi connectivity index (χ4v) is 3.55. The Morgan fingerprint density at radius 3 is 2.62 bits per heavy atom. The lowest BCUT2D eigenvalue weighted by atomic mass is 9.95. The maximum atomic E-state index is 12.5. The highest BCUT2D eigenvalue weighted by Gasteiger charge is 2.42. The molecule has 1 aliphatic rings. The van der Waals surface area contributed by atoms with Crippen molar-refractivity contribution in [3.05, 3.63) is 34.3 Å². The molecule has 1 aromatic rings. The van der Waals surface area contributed by atoms with Crippen LogP contribution in [0, 0.1) is 17.8 Å². The first kappa shape index (κ1) is 16.0. The molecule has 1 saturated carbocycles. The molecule has 0 bridgehead atoms. The van der Waals surface area contributed by atoms with Crippen molar-refractivity contribution in [2.75, 3.05) is 7.05 Å². The topological polar surface area (TPSA) is 57.6 Å². The first-order valence-corrected chi connectivity index (χ1v) is 7.90. The highest BCUT2D eigenvalue weighted by Crippen LogP contribution is 2.37. The van der Waals surface area contributed by atoms with E-state index in [0.29, 0.717) is 25.3 Å². The average molecular weight is 354 g/mol. The number of nitrogens with zero attached hydrogens (tertiary/aromatic N) is 1. The Morgan fingerprint density at radius 1 is 1.33 bits per heavy atom. The summed E-state index contributed by atoms with van der Waals surface area (Å²) in [4.78, 5) is 25.5. The average Bonchev–Trinajstić information content (AvgIpc) is 2.80. The van der Waals surface area contributed by atoms with Gasteiger partial charge in [0, 0.05) is 18.1 Å². The molecule has 5 heteroatoms. The van der Waals surface area contributed by atoms with Gasteiger partial charge >= 0.3 is 5.97 Å². The van der Waals surface area contributed by atoms with E-state index in [1.54, 1.807) is 11.9 Å². The Kier molecular flexibility index (Phi) is 5.04. The van der Waals surface area contributed by atoms with Crippen molar-refractivity contribution in [3.63, 3.8) is 0 Å². The zero-order chi connectivity index (χ0) is 15.6. The standard InChI is InChI=1S/C16H20BrNO3/c1-10-6-13(14(7-10)16(20)21)15(19)18(2)9-11-4-3-5-12(17)8-11/h3-5,8,10,13-14H,6-7,9H2,1-2H3,(H,20,21)/t10?,13-,14+/m0/s1. The molecule has 1 fully saturated rings. The van der Waals surface area contributed by atoms with Crippen LogP contribution in [0.25, 0.3) is 0 Å². The van der Waals surface area contributed by atoms with Gasteiger partial charge < -0.3 is 10.0 Å². The molecule has 1 aromatic carbocycles. The molecule has 0 aromatic heterocycles. The summed E-state index contributed by atoms with van der Waals surface area (Å²) in [6.07, 6.45) is 1.26. The summed E-state index contributed by atoms with van der Waals surface area (Å²) >= 11 is 3.41. The minimum absolute atomic E-state index is 0.0632. The summed E-state index contributed by atoms with van der Waals surface area (Å²) in [6.45, 7) is 2.51. The second-order valence-electron chi connectivity index (χ2n) is 5.95. The van der Waals surface area contributed by atoms with Crippen LogP contribution < -0.4 is 0 Å². The van der Waals surface area contributed by atoms with Gasteiger partial charge in [-0.15, -0.1) is 0 Å².